The lowest BCUT2D eigenvalue weighted by Crippen LogP contribution is -2.10. The highest BCUT2D eigenvalue weighted by atomic mass is 14.8. The monoisotopic (exact) mass is 225 g/mol. The summed E-state index contributed by atoms with van der Waals surface area (Å²) in [5, 5.41) is 3.13. The Labute approximate surface area is 103 Å². The lowest BCUT2D eigenvalue weighted by Gasteiger charge is -2.06. The minimum absolute atomic E-state index is 0.900. The van der Waals surface area contributed by atoms with E-state index in [-0.39, 0.29) is 0 Å². The van der Waals surface area contributed by atoms with Gasteiger partial charge in [0.1, 0.15) is 0 Å². The van der Waals surface area contributed by atoms with Gasteiger partial charge in [0.25, 0.3) is 0 Å². The maximum Gasteiger partial charge on any atom is 0.0205 e. The molecule has 1 nitrogen and oxygen atoms in total. The molecular weight excluding hydrogens is 194 g/mol. The van der Waals surface area contributed by atoms with Gasteiger partial charge < -0.3 is 5.32 Å². The molecule has 96 valence electrons. The minimum Gasteiger partial charge on any atom is -0.316 e. The summed E-state index contributed by atoms with van der Waals surface area (Å²) < 4.78 is 0. The molecule has 0 bridgehead atoms. The summed E-state index contributed by atoms with van der Waals surface area (Å²) in [6.45, 7) is 16.9. The number of hydrogen-bond donors (Lipinski definition) is 1. The molecule has 0 amide bonds. The number of nitrogens with one attached hydrogen (secondary N) is 1. The van der Waals surface area contributed by atoms with Crippen LogP contribution >= 0.6 is 0 Å². The lowest BCUT2D eigenvalue weighted by atomic mass is 10.1. The van der Waals surface area contributed by atoms with E-state index in [4.69, 9.17) is 0 Å². The van der Waals surface area contributed by atoms with Crippen LogP contribution in [0.15, 0.2) is 36.0 Å². The molecule has 0 atom stereocenters. The predicted octanol–water partition coefficient (Wildman–Crippen LogP) is 4.73. The van der Waals surface area contributed by atoms with Gasteiger partial charge in [-0.15, -0.1) is 0 Å². The van der Waals surface area contributed by atoms with E-state index in [1.165, 1.54) is 11.1 Å². The molecule has 16 heavy (non-hydrogen) atoms. The fraction of sp³-hybridized carbons (Fsp3) is 0.600. The largest absolute Gasteiger partial charge is 0.316 e. The van der Waals surface area contributed by atoms with Gasteiger partial charge in [-0.05, 0) is 31.5 Å². The van der Waals surface area contributed by atoms with E-state index in [2.05, 4.69) is 31.0 Å². The van der Waals surface area contributed by atoms with Crippen LogP contribution in [0.5, 0.6) is 0 Å². The minimum atomic E-state index is 0.900. The molecule has 1 N–H and O–H groups in total. The Kier molecular flexibility index (Phi) is 25.3. The highest BCUT2D eigenvalue weighted by Gasteiger charge is 1.96. The molecule has 0 saturated heterocycles. The molecule has 0 aliphatic heterocycles. The van der Waals surface area contributed by atoms with E-state index in [1.54, 1.807) is 0 Å². The summed E-state index contributed by atoms with van der Waals surface area (Å²) in [4.78, 5) is 0. The van der Waals surface area contributed by atoms with Crippen LogP contribution in [0.4, 0.5) is 0 Å². The summed E-state index contributed by atoms with van der Waals surface area (Å²) >= 11 is 0. The van der Waals surface area contributed by atoms with Crippen LogP contribution in [0.25, 0.3) is 0 Å². The Morgan fingerprint density at radius 1 is 1.12 bits per heavy atom. The smallest absolute Gasteiger partial charge is 0.0205 e. The maximum absolute atomic E-state index is 3.80. The zero-order valence-corrected chi connectivity index (χ0v) is 12.4. The normalized spacial score (nSPS) is 10.7. The molecule has 0 heterocycles. The second kappa shape index (κ2) is 19.7. The molecular formula is C15H31N. The third-order valence-corrected chi connectivity index (χ3v) is 1.77. The first-order chi connectivity index (χ1) is 7.79. The van der Waals surface area contributed by atoms with Crippen molar-refractivity contribution in [3.05, 3.63) is 36.0 Å². The summed E-state index contributed by atoms with van der Waals surface area (Å²) in [5.74, 6) is 0. The summed E-state index contributed by atoms with van der Waals surface area (Å²) in [7, 11) is 1.95. The van der Waals surface area contributed by atoms with Gasteiger partial charge in [-0.25, -0.2) is 0 Å². The zero-order valence-electron chi connectivity index (χ0n) is 12.4. The van der Waals surface area contributed by atoms with Crippen LogP contribution in [0.2, 0.25) is 0 Å². The molecule has 0 radical (unpaired) electrons. The average Bonchev–Trinajstić information content (AvgIpc) is 2.38. The molecule has 0 aromatic heterocycles. The standard InChI is InChI=1S/C11H19N.2C2H6/c1-5-8-10(6-2)11(7-3)9-12-4;2*1-2/h5,7-8,12H,3,6,9H2,1-2,4H3;2*1-2H3/b8-5-,11-10+;;. The summed E-state index contributed by atoms with van der Waals surface area (Å²) in [5.41, 5.74) is 2.65. The van der Waals surface area contributed by atoms with Crippen molar-refractivity contribution in [1.82, 2.24) is 5.32 Å². The van der Waals surface area contributed by atoms with Crippen LogP contribution in [0, 0.1) is 0 Å². The molecule has 0 aromatic rings. The van der Waals surface area contributed by atoms with Crippen LogP contribution in [-0.2, 0) is 0 Å². The first kappa shape index (κ1) is 20.6. The predicted molar refractivity (Wildman–Crippen MR) is 79.0 cm³/mol. The fourth-order valence-electron chi connectivity index (χ4n) is 1.16. The van der Waals surface area contributed by atoms with Crippen LogP contribution in [-0.4, -0.2) is 13.6 Å². The van der Waals surface area contributed by atoms with Crippen molar-refractivity contribution in [3.63, 3.8) is 0 Å². The molecule has 0 unspecified atom stereocenters. The first-order valence-electron chi connectivity index (χ1n) is 6.41. The number of likely N-dealkylation sites (N-methyl/N-ethyl adjacent to an activating group) is 1. The molecule has 0 rings (SSSR count). The lowest BCUT2D eigenvalue weighted by molar-refractivity contribution is 0.882. The molecule has 0 saturated carbocycles. The number of allylic oxidation sites excluding steroid dienone is 3. The van der Waals surface area contributed by atoms with Gasteiger partial charge in [-0.1, -0.05) is 59.4 Å². The molecule has 1 heteroatoms. The molecule has 0 aliphatic carbocycles. The van der Waals surface area contributed by atoms with Crippen molar-refractivity contribution in [1.29, 1.82) is 0 Å². The van der Waals surface area contributed by atoms with Gasteiger partial charge in [0.2, 0.25) is 0 Å². The second-order valence-corrected chi connectivity index (χ2v) is 2.64. The van der Waals surface area contributed by atoms with Crippen molar-refractivity contribution in [2.24, 2.45) is 0 Å². The van der Waals surface area contributed by atoms with Crippen molar-refractivity contribution >= 4 is 0 Å². The third kappa shape index (κ3) is 11.3. The summed E-state index contributed by atoms with van der Waals surface area (Å²) in [6, 6.07) is 0. The van der Waals surface area contributed by atoms with Crippen molar-refractivity contribution in [2.75, 3.05) is 13.6 Å². The molecule has 0 spiro atoms. The SMILES string of the molecule is C=C/C(CNC)=C(\C=C/C)CC.CC.CC. The Balaban J connectivity index is -0.000000376. The van der Waals surface area contributed by atoms with E-state index in [1.807, 2.05) is 47.7 Å². The van der Waals surface area contributed by atoms with Gasteiger partial charge in [0.05, 0.1) is 0 Å². The fourth-order valence-corrected chi connectivity index (χ4v) is 1.16. The van der Waals surface area contributed by atoms with Crippen molar-refractivity contribution in [2.45, 2.75) is 48.0 Å². The van der Waals surface area contributed by atoms with Gasteiger partial charge in [-0.2, -0.15) is 0 Å². The maximum atomic E-state index is 3.80. The van der Waals surface area contributed by atoms with Gasteiger partial charge >= 0.3 is 0 Å². The Morgan fingerprint density at radius 3 is 1.88 bits per heavy atom. The molecule has 0 fully saturated rings. The molecule has 0 aromatic carbocycles. The van der Waals surface area contributed by atoms with Crippen LogP contribution in [0.1, 0.15) is 48.0 Å². The van der Waals surface area contributed by atoms with Gasteiger partial charge in [-0.3, -0.25) is 0 Å². The average molecular weight is 225 g/mol. The van der Waals surface area contributed by atoms with Crippen molar-refractivity contribution in [3.8, 4) is 0 Å². The van der Waals surface area contributed by atoms with Crippen LogP contribution < -0.4 is 5.32 Å². The summed E-state index contributed by atoms with van der Waals surface area (Å²) in [6.07, 6.45) is 7.20. The second-order valence-electron chi connectivity index (χ2n) is 2.64. The van der Waals surface area contributed by atoms with Gasteiger partial charge in [0.15, 0.2) is 0 Å². The highest BCUT2D eigenvalue weighted by Crippen LogP contribution is 2.10. The highest BCUT2D eigenvalue weighted by molar-refractivity contribution is 5.32. The third-order valence-electron chi connectivity index (χ3n) is 1.77. The number of rotatable bonds is 5. The van der Waals surface area contributed by atoms with E-state index in [0.717, 1.165) is 13.0 Å². The first-order valence-corrected chi connectivity index (χ1v) is 6.41. The zero-order chi connectivity index (χ0) is 13.4. The quantitative estimate of drug-likeness (QED) is 0.667. The van der Waals surface area contributed by atoms with E-state index in [9.17, 15) is 0 Å². The van der Waals surface area contributed by atoms with E-state index in [0.29, 0.717) is 0 Å². The number of hydrogen-bond acceptors (Lipinski definition) is 1. The topological polar surface area (TPSA) is 12.0 Å². The van der Waals surface area contributed by atoms with E-state index < -0.39 is 0 Å². The van der Waals surface area contributed by atoms with Crippen LogP contribution in [0.3, 0.4) is 0 Å². The Bertz CT molecular complexity index is 188. The Hall–Kier alpha value is -0.820. The Morgan fingerprint density at radius 2 is 1.62 bits per heavy atom. The van der Waals surface area contributed by atoms with Gasteiger partial charge in [0, 0.05) is 6.54 Å². The van der Waals surface area contributed by atoms with Crippen molar-refractivity contribution < 1.29 is 0 Å². The van der Waals surface area contributed by atoms with E-state index >= 15 is 0 Å². The molecule has 0 aliphatic rings.